The van der Waals surface area contributed by atoms with E-state index in [1.165, 1.54) is 44.9 Å². The molecule has 2 fully saturated rings. The molecule has 3 rings (SSSR count). The Morgan fingerprint density at radius 1 is 1.06 bits per heavy atom. The number of nitrogens with zero attached hydrogens (tertiary/aromatic N) is 1. The van der Waals surface area contributed by atoms with Gasteiger partial charge in [0.15, 0.2) is 5.90 Å². The predicted octanol–water partition coefficient (Wildman–Crippen LogP) is 2.36. The molecule has 0 spiro atoms. The van der Waals surface area contributed by atoms with Gasteiger partial charge in [-0.15, -0.1) is 0 Å². The molecule has 0 aromatic carbocycles. The van der Waals surface area contributed by atoms with E-state index in [4.69, 9.17) is 4.74 Å². The van der Waals surface area contributed by atoms with E-state index in [1.807, 2.05) is 0 Å². The molecule has 2 aliphatic heterocycles. The first kappa shape index (κ1) is 11.5. The summed E-state index contributed by atoms with van der Waals surface area (Å²) in [6, 6.07) is 0. The van der Waals surface area contributed by atoms with Crippen molar-refractivity contribution >= 4 is 5.90 Å². The molecule has 17 heavy (non-hydrogen) atoms. The van der Waals surface area contributed by atoms with Crippen LogP contribution in [0.4, 0.5) is 0 Å². The van der Waals surface area contributed by atoms with Crippen molar-refractivity contribution in [2.75, 3.05) is 19.6 Å². The molecule has 2 unspecified atom stereocenters. The van der Waals surface area contributed by atoms with E-state index in [2.05, 4.69) is 10.3 Å². The largest absolute Gasteiger partial charge is 0.475 e. The second-order valence-corrected chi connectivity index (χ2v) is 5.78. The molecule has 96 valence electrons. The summed E-state index contributed by atoms with van der Waals surface area (Å²) >= 11 is 0. The van der Waals surface area contributed by atoms with Crippen LogP contribution in [-0.4, -0.2) is 31.6 Å². The van der Waals surface area contributed by atoms with Crippen molar-refractivity contribution in [3.8, 4) is 0 Å². The summed E-state index contributed by atoms with van der Waals surface area (Å²) in [6.07, 6.45) is 9.85. The lowest BCUT2D eigenvalue weighted by atomic mass is 9.85. The van der Waals surface area contributed by atoms with Crippen molar-refractivity contribution in [3.63, 3.8) is 0 Å². The lowest BCUT2D eigenvalue weighted by Gasteiger charge is -2.28. The average molecular weight is 236 g/mol. The summed E-state index contributed by atoms with van der Waals surface area (Å²) < 4.78 is 6.15. The smallest absolute Gasteiger partial charge is 0.188 e. The molecule has 1 N–H and O–H groups in total. The van der Waals surface area contributed by atoms with E-state index in [1.54, 1.807) is 0 Å². The van der Waals surface area contributed by atoms with E-state index in [0.29, 0.717) is 12.0 Å². The Morgan fingerprint density at radius 2 is 1.94 bits per heavy atom. The van der Waals surface area contributed by atoms with E-state index in [-0.39, 0.29) is 0 Å². The fourth-order valence-electron chi connectivity index (χ4n) is 3.45. The van der Waals surface area contributed by atoms with Crippen LogP contribution in [0, 0.1) is 11.8 Å². The molecule has 1 saturated carbocycles. The molecule has 3 aliphatic rings. The summed E-state index contributed by atoms with van der Waals surface area (Å²) in [5.74, 6) is 2.40. The minimum atomic E-state index is 0.409. The summed E-state index contributed by atoms with van der Waals surface area (Å²) in [4.78, 5) is 4.67. The van der Waals surface area contributed by atoms with E-state index in [9.17, 15) is 0 Å². The molecule has 0 radical (unpaired) electrons. The first-order chi connectivity index (χ1) is 8.43. The molecule has 0 aromatic rings. The van der Waals surface area contributed by atoms with Gasteiger partial charge in [-0.05, 0) is 38.1 Å². The number of rotatable bonds is 2. The fraction of sp³-hybridized carbons (Fsp3) is 0.929. The Hall–Kier alpha value is -0.570. The molecule has 3 heteroatoms. The number of hydrogen-bond donors (Lipinski definition) is 1. The summed E-state index contributed by atoms with van der Waals surface area (Å²) in [7, 11) is 0. The first-order valence-corrected chi connectivity index (χ1v) is 7.35. The van der Waals surface area contributed by atoms with Crippen molar-refractivity contribution in [2.24, 2.45) is 16.8 Å². The Kier molecular flexibility index (Phi) is 3.65. The van der Waals surface area contributed by atoms with E-state index >= 15 is 0 Å². The van der Waals surface area contributed by atoms with Crippen molar-refractivity contribution in [1.82, 2.24) is 5.32 Å². The van der Waals surface area contributed by atoms with Gasteiger partial charge in [0.05, 0.1) is 6.54 Å². The maximum atomic E-state index is 6.15. The Balaban J connectivity index is 1.52. The number of piperidine rings is 1. The highest BCUT2D eigenvalue weighted by Gasteiger charge is 2.32. The fourth-order valence-corrected chi connectivity index (χ4v) is 3.45. The number of hydrogen-bond acceptors (Lipinski definition) is 3. The molecule has 2 heterocycles. The lowest BCUT2D eigenvalue weighted by Crippen LogP contribution is -2.36. The SMILES string of the molecule is C1CCC(C2CN=C(C3CCCNC3)O2)CC1. The topological polar surface area (TPSA) is 33.6 Å². The highest BCUT2D eigenvalue weighted by atomic mass is 16.5. The van der Waals surface area contributed by atoms with Crippen LogP contribution >= 0.6 is 0 Å². The monoisotopic (exact) mass is 236 g/mol. The van der Waals surface area contributed by atoms with Crippen LogP contribution in [0.25, 0.3) is 0 Å². The van der Waals surface area contributed by atoms with Gasteiger partial charge < -0.3 is 10.1 Å². The minimum absolute atomic E-state index is 0.409. The van der Waals surface area contributed by atoms with E-state index in [0.717, 1.165) is 31.4 Å². The van der Waals surface area contributed by atoms with Gasteiger partial charge in [-0.25, -0.2) is 0 Å². The van der Waals surface area contributed by atoms with Crippen LogP contribution in [0.1, 0.15) is 44.9 Å². The van der Waals surface area contributed by atoms with E-state index < -0.39 is 0 Å². The van der Waals surface area contributed by atoms with Crippen molar-refractivity contribution in [1.29, 1.82) is 0 Å². The van der Waals surface area contributed by atoms with Crippen LogP contribution in [0.5, 0.6) is 0 Å². The number of ether oxygens (including phenoxy) is 1. The van der Waals surface area contributed by atoms with Gasteiger partial charge in [0.25, 0.3) is 0 Å². The van der Waals surface area contributed by atoms with Crippen LogP contribution < -0.4 is 5.32 Å². The molecule has 1 aliphatic carbocycles. The third-order valence-corrected chi connectivity index (χ3v) is 4.52. The Morgan fingerprint density at radius 3 is 2.71 bits per heavy atom. The van der Waals surface area contributed by atoms with Crippen molar-refractivity contribution in [3.05, 3.63) is 0 Å². The molecular weight excluding hydrogens is 212 g/mol. The lowest BCUT2D eigenvalue weighted by molar-refractivity contribution is 0.114. The third-order valence-electron chi connectivity index (χ3n) is 4.52. The third kappa shape index (κ3) is 2.65. The summed E-state index contributed by atoms with van der Waals surface area (Å²) in [5, 5.41) is 3.45. The highest BCUT2D eigenvalue weighted by molar-refractivity contribution is 5.80. The summed E-state index contributed by atoms with van der Waals surface area (Å²) in [5.41, 5.74) is 0. The molecule has 0 amide bonds. The van der Waals surface area contributed by atoms with Gasteiger partial charge in [0, 0.05) is 12.5 Å². The van der Waals surface area contributed by atoms with Crippen LogP contribution in [-0.2, 0) is 4.74 Å². The average Bonchev–Trinajstić information content (AvgIpc) is 2.90. The van der Waals surface area contributed by atoms with Crippen molar-refractivity contribution in [2.45, 2.75) is 51.0 Å². The Bertz CT molecular complexity index is 278. The minimum Gasteiger partial charge on any atom is -0.475 e. The molecule has 2 atom stereocenters. The zero-order valence-electron chi connectivity index (χ0n) is 10.7. The van der Waals surface area contributed by atoms with Gasteiger partial charge in [0.1, 0.15) is 6.10 Å². The zero-order valence-corrected chi connectivity index (χ0v) is 10.7. The Labute approximate surface area is 104 Å². The molecule has 0 bridgehead atoms. The van der Waals surface area contributed by atoms with Gasteiger partial charge in [-0.2, -0.15) is 0 Å². The molecule has 1 saturated heterocycles. The van der Waals surface area contributed by atoms with Gasteiger partial charge in [0.2, 0.25) is 0 Å². The standard InChI is InChI=1S/C14H24N2O/c1-2-5-11(6-3-1)13-10-16-14(17-13)12-7-4-8-15-9-12/h11-13,15H,1-10H2. The number of aliphatic imine (C=N–C) groups is 1. The second-order valence-electron chi connectivity index (χ2n) is 5.78. The predicted molar refractivity (Wildman–Crippen MR) is 69.3 cm³/mol. The normalized spacial score (nSPS) is 35.4. The van der Waals surface area contributed by atoms with Crippen molar-refractivity contribution < 1.29 is 4.74 Å². The highest BCUT2D eigenvalue weighted by Crippen LogP contribution is 2.31. The number of nitrogens with one attached hydrogen (secondary N) is 1. The quantitative estimate of drug-likeness (QED) is 0.798. The zero-order chi connectivity index (χ0) is 11.5. The van der Waals surface area contributed by atoms with Crippen LogP contribution in [0.2, 0.25) is 0 Å². The molecule has 0 aromatic heterocycles. The summed E-state index contributed by atoms with van der Waals surface area (Å²) in [6.45, 7) is 3.16. The maximum Gasteiger partial charge on any atom is 0.188 e. The van der Waals surface area contributed by atoms with Crippen LogP contribution in [0.3, 0.4) is 0 Å². The van der Waals surface area contributed by atoms with Gasteiger partial charge in [-0.1, -0.05) is 19.3 Å². The molecule has 3 nitrogen and oxygen atoms in total. The van der Waals surface area contributed by atoms with Gasteiger partial charge >= 0.3 is 0 Å². The maximum absolute atomic E-state index is 6.15. The first-order valence-electron chi connectivity index (χ1n) is 7.35. The second kappa shape index (κ2) is 5.38. The van der Waals surface area contributed by atoms with Gasteiger partial charge in [-0.3, -0.25) is 4.99 Å². The molecular formula is C14H24N2O. The van der Waals surface area contributed by atoms with Crippen LogP contribution in [0.15, 0.2) is 4.99 Å².